The van der Waals surface area contributed by atoms with Crippen molar-refractivity contribution in [2.45, 2.75) is 57.0 Å². The van der Waals surface area contributed by atoms with Gasteiger partial charge in [0.1, 0.15) is 4.75 Å². The van der Waals surface area contributed by atoms with Crippen LogP contribution in [0.1, 0.15) is 63.3 Å². The third kappa shape index (κ3) is 4.42. The molecule has 2 aliphatic rings. The minimum absolute atomic E-state index is 0.0150. The highest BCUT2D eigenvalue weighted by Crippen LogP contribution is 2.80. The van der Waals surface area contributed by atoms with E-state index in [1.165, 1.54) is 22.9 Å². The summed E-state index contributed by atoms with van der Waals surface area (Å²) in [5.74, 6) is 0.372. The molecule has 0 spiro atoms. The molecule has 0 aliphatic carbocycles. The lowest BCUT2D eigenvalue weighted by Gasteiger charge is -2.43. The number of hydrogen-bond donors (Lipinski definition) is 1. The van der Waals surface area contributed by atoms with E-state index in [1.54, 1.807) is 10.9 Å². The Kier molecular flexibility index (Phi) is 6.74. The summed E-state index contributed by atoms with van der Waals surface area (Å²) >= 11 is -1.17. The van der Waals surface area contributed by atoms with E-state index < -0.39 is 19.3 Å². The monoisotopic (exact) mass is 501 g/mol. The van der Waals surface area contributed by atoms with E-state index >= 15 is 0 Å². The van der Waals surface area contributed by atoms with Gasteiger partial charge < -0.3 is 4.55 Å². The number of allylic oxidation sites excluding steroid dienone is 1. The van der Waals surface area contributed by atoms with Gasteiger partial charge in [-0.2, -0.15) is 0 Å². The van der Waals surface area contributed by atoms with Gasteiger partial charge in [-0.25, -0.2) is 0 Å². The van der Waals surface area contributed by atoms with Gasteiger partial charge in [0.2, 0.25) is 0 Å². The highest BCUT2D eigenvalue weighted by Gasteiger charge is 2.61. The SMILES string of the molecule is CC1=C(c2ccccc2)[P@@]2C[C@]1(C)[C@H](c1ccccc1)C2[C@@H](N[S+]([O-])C(C)(C)C)c1ccccc1. The summed E-state index contributed by atoms with van der Waals surface area (Å²) in [6, 6.07) is 32.8. The Hall–Kier alpha value is -1.90. The molecule has 2 heterocycles. The van der Waals surface area contributed by atoms with Gasteiger partial charge in [-0.05, 0) is 55.9 Å². The maximum absolute atomic E-state index is 13.5. The zero-order valence-corrected chi connectivity index (χ0v) is 23.1. The first-order chi connectivity index (χ1) is 16.7. The second-order valence-corrected chi connectivity index (χ2v) is 15.4. The normalized spacial score (nSPS) is 27.8. The third-order valence-corrected chi connectivity index (χ3v) is 12.9. The van der Waals surface area contributed by atoms with Crippen molar-refractivity contribution >= 4 is 24.6 Å². The third-order valence-electron chi connectivity index (χ3n) is 7.88. The van der Waals surface area contributed by atoms with E-state index in [1.807, 2.05) is 0 Å². The fraction of sp³-hybridized carbons (Fsp3) is 0.355. The molecule has 2 aliphatic heterocycles. The van der Waals surface area contributed by atoms with Gasteiger partial charge >= 0.3 is 0 Å². The molecule has 1 N–H and O–H groups in total. The van der Waals surface area contributed by atoms with Gasteiger partial charge in [0, 0.05) is 28.4 Å². The second kappa shape index (κ2) is 9.52. The van der Waals surface area contributed by atoms with Gasteiger partial charge in [-0.1, -0.05) is 111 Å². The van der Waals surface area contributed by atoms with Crippen LogP contribution in [-0.2, 0) is 11.4 Å². The molecule has 0 saturated carbocycles. The van der Waals surface area contributed by atoms with Crippen molar-refractivity contribution < 1.29 is 4.55 Å². The maximum atomic E-state index is 13.5. The van der Waals surface area contributed by atoms with Crippen molar-refractivity contribution in [3.63, 3.8) is 0 Å². The zero-order chi connectivity index (χ0) is 24.8. The number of rotatable bonds is 6. The van der Waals surface area contributed by atoms with Crippen molar-refractivity contribution in [1.29, 1.82) is 0 Å². The molecule has 4 heteroatoms. The van der Waals surface area contributed by atoms with Crippen molar-refractivity contribution in [2.75, 3.05) is 6.16 Å². The molecule has 35 heavy (non-hydrogen) atoms. The van der Waals surface area contributed by atoms with Crippen molar-refractivity contribution in [3.8, 4) is 0 Å². The van der Waals surface area contributed by atoms with Gasteiger partial charge in [-0.3, -0.25) is 0 Å². The van der Waals surface area contributed by atoms with Crippen LogP contribution in [-0.4, -0.2) is 21.1 Å². The van der Waals surface area contributed by atoms with Crippen LogP contribution in [0.5, 0.6) is 0 Å². The first-order valence-corrected chi connectivity index (χ1v) is 15.3. The number of benzene rings is 3. The summed E-state index contributed by atoms with van der Waals surface area (Å²) < 4.78 is 16.9. The molecule has 3 aromatic rings. The molecular formula is C31H36NOPS. The molecular weight excluding hydrogens is 465 g/mol. The Bertz CT molecular complexity index is 1190. The van der Waals surface area contributed by atoms with Gasteiger partial charge in [0.25, 0.3) is 0 Å². The molecule has 0 radical (unpaired) electrons. The van der Waals surface area contributed by atoms with E-state index in [2.05, 4.69) is 130 Å². The highest BCUT2D eigenvalue weighted by atomic mass is 32.2. The van der Waals surface area contributed by atoms with Crippen LogP contribution in [0, 0.1) is 5.41 Å². The van der Waals surface area contributed by atoms with E-state index in [9.17, 15) is 4.55 Å². The topological polar surface area (TPSA) is 35.1 Å². The summed E-state index contributed by atoms with van der Waals surface area (Å²) in [5, 5.41) is 1.56. The van der Waals surface area contributed by atoms with Crippen LogP contribution in [0.15, 0.2) is 96.6 Å². The largest absolute Gasteiger partial charge is 0.598 e. The van der Waals surface area contributed by atoms with Crippen molar-refractivity contribution in [3.05, 3.63) is 113 Å². The number of fused-ring (bicyclic) bond motifs is 2. The molecule has 5 rings (SSSR count). The van der Waals surface area contributed by atoms with Gasteiger partial charge in [-0.15, -0.1) is 4.72 Å². The summed E-state index contributed by atoms with van der Waals surface area (Å²) in [6.07, 6.45) is 1.19. The van der Waals surface area contributed by atoms with Crippen LogP contribution in [0.25, 0.3) is 5.31 Å². The second-order valence-electron chi connectivity index (χ2n) is 11.2. The van der Waals surface area contributed by atoms with Crippen LogP contribution in [0.2, 0.25) is 0 Å². The Morgan fingerprint density at radius 1 is 0.914 bits per heavy atom. The summed E-state index contributed by atoms with van der Waals surface area (Å²) in [6.45, 7) is 11.0. The van der Waals surface area contributed by atoms with Gasteiger partial charge in [0.05, 0.1) is 6.04 Å². The van der Waals surface area contributed by atoms with E-state index in [4.69, 9.17) is 0 Å². The lowest BCUT2D eigenvalue weighted by molar-refractivity contribution is 0.345. The first-order valence-electron chi connectivity index (χ1n) is 12.5. The Balaban J connectivity index is 1.69. The Labute approximate surface area is 215 Å². The lowest BCUT2D eigenvalue weighted by atomic mass is 9.67. The molecule has 0 aromatic heterocycles. The van der Waals surface area contributed by atoms with Crippen molar-refractivity contribution in [1.82, 2.24) is 4.72 Å². The minimum Gasteiger partial charge on any atom is -0.598 e. The average molecular weight is 502 g/mol. The highest BCUT2D eigenvalue weighted by molar-refractivity contribution is 7.90. The predicted octanol–water partition coefficient (Wildman–Crippen LogP) is 7.88. The number of hydrogen-bond acceptors (Lipinski definition) is 2. The molecule has 2 nitrogen and oxygen atoms in total. The molecule has 2 unspecified atom stereocenters. The van der Waals surface area contributed by atoms with Gasteiger partial charge in [0.15, 0.2) is 0 Å². The fourth-order valence-corrected chi connectivity index (χ4v) is 11.5. The number of nitrogens with one attached hydrogen (secondary N) is 1. The minimum atomic E-state index is -1.17. The zero-order valence-electron chi connectivity index (χ0n) is 21.4. The maximum Gasteiger partial charge on any atom is 0.136 e. The van der Waals surface area contributed by atoms with Crippen LogP contribution < -0.4 is 4.72 Å². The molecule has 3 aromatic carbocycles. The molecule has 182 valence electrons. The lowest BCUT2D eigenvalue weighted by Crippen LogP contribution is -2.46. The van der Waals surface area contributed by atoms with Crippen molar-refractivity contribution in [2.24, 2.45) is 5.41 Å². The molecule has 0 amide bonds. The van der Waals surface area contributed by atoms with E-state index in [0.717, 1.165) is 0 Å². The van der Waals surface area contributed by atoms with E-state index in [-0.39, 0.29) is 16.2 Å². The fourth-order valence-electron chi connectivity index (χ4n) is 6.04. The van der Waals surface area contributed by atoms with Crippen LogP contribution >= 0.6 is 7.92 Å². The first kappa shape index (κ1) is 24.8. The molecule has 1 fully saturated rings. The summed E-state index contributed by atoms with van der Waals surface area (Å²) in [7, 11) is -0.470. The molecule has 6 atom stereocenters. The van der Waals surface area contributed by atoms with Crippen LogP contribution in [0.3, 0.4) is 0 Å². The average Bonchev–Trinajstić information content (AvgIpc) is 3.30. The van der Waals surface area contributed by atoms with E-state index in [0.29, 0.717) is 11.6 Å². The quantitative estimate of drug-likeness (QED) is 0.275. The molecule has 2 bridgehead atoms. The summed E-state index contributed by atoms with van der Waals surface area (Å²) in [4.78, 5) is 0. The standard InChI is InChI=1S/C31H36NOPS/c1-22-28(25-19-13-8-14-20-25)34-21-31(22,5)26(23-15-9-6-10-16-23)29(34)27(24-17-11-7-12-18-24)32-35(33)30(2,3)4/h6-20,26-27,29,32H,21H2,1-5H3/t26-,27+,29?,31+,34-,35?/m1/s1. The Morgan fingerprint density at radius 2 is 1.46 bits per heavy atom. The summed E-state index contributed by atoms with van der Waals surface area (Å²) in [5.41, 5.74) is 5.98. The Morgan fingerprint density at radius 3 is 2.03 bits per heavy atom. The molecule has 1 saturated heterocycles. The predicted molar refractivity (Wildman–Crippen MR) is 152 cm³/mol. The smallest absolute Gasteiger partial charge is 0.136 e. The van der Waals surface area contributed by atoms with Crippen LogP contribution in [0.4, 0.5) is 0 Å².